The lowest BCUT2D eigenvalue weighted by Gasteiger charge is -2.12. The van der Waals surface area contributed by atoms with Crippen molar-refractivity contribution < 1.29 is 4.42 Å². The van der Waals surface area contributed by atoms with Crippen LogP contribution in [0.5, 0.6) is 0 Å². The second-order valence-corrected chi connectivity index (χ2v) is 9.09. The minimum atomic E-state index is -0.358. The number of aromatic nitrogens is 4. The summed E-state index contributed by atoms with van der Waals surface area (Å²) >= 11 is 0. The maximum absolute atomic E-state index is 13.7. The molecule has 0 spiro atoms. The van der Waals surface area contributed by atoms with Crippen molar-refractivity contribution in [3.05, 3.63) is 111 Å². The topological polar surface area (TPSA) is 109 Å². The number of imidazole rings is 2. The fourth-order valence-electron chi connectivity index (χ4n) is 4.69. The number of fused-ring (bicyclic) bond motifs is 2. The Labute approximate surface area is 211 Å². The Morgan fingerprint density at radius 1 is 1.03 bits per heavy atom. The summed E-state index contributed by atoms with van der Waals surface area (Å²) in [6.07, 6.45) is 4.78. The van der Waals surface area contributed by atoms with Gasteiger partial charge in [0.2, 0.25) is 5.43 Å². The summed E-state index contributed by atoms with van der Waals surface area (Å²) in [5.74, 6) is 0.474. The Balaban J connectivity index is 1.45. The van der Waals surface area contributed by atoms with E-state index < -0.39 is 0 Å². The summed E-state index contributed by atoms with van der Waals surface area (Å²) in [6, 6.07) is 21.2. The van der Waals surface area contributed by atoms with Crippen molar-refractivity contribution in [3.63, 3.8) is 0 Å². The van der Waals surface area contributed by atoms with Crippen LogP contribution in [-0.2, 0) is 6.42 Å². The third-order valence-corrected chi connectivity index (χ3v) is 6.53. The zero-order valence-electron chi connectivity index (χ0n) is 20.2. The fourth-order valence-corrected chi connectivity index (χ4v) is 4.69. The SMILES string of the molecule is Cc1ccc2occ(-c3c(NCCCc4ccccc4)[nH]c(=O)n3-c3ccc4nc[nH]c4c3)c(=O)c2c1. The van der Waals surface area contributed by atoms with E-state index in [4.69, 9.17) is 4.42 Å². The van der Waals surface area contributed by atoms with Crippen molar-refractivity contribution in [1.82, 2.24) is 19.5 Å². The van der Waals surface area contributed by atoms with Gasteiger partial charge in [0.15, 0.2) is 0 Å². The number of hydrogen-bond acceptors (Lipinski definition) is 5. The summed E-state index contributed by atoms with van der Waals surface area (Å²) in [5.41, 5.74) is 5.04. The highest BCUT2D eigenvalue weighted by atomic mass is 16.3. The van der Waals surface area contributed by atoms with Gasteiger partial charge in [0.1, 0.15) is 23.4 Å². The van der Waals surface area contributed by atoms with Crippen LogP contribution < -0.4 is 16.4 Å². The maximum atomic E-state index is 13.7. The predicted octanol–water partition coefficient (Wildman–Crippen LogP) is 5.17. The van der Waals surface area contributed by atoms with Gasteiger partial charge in [0.05, 0.1) is 34.0 Å². The minimum absolute atomic E-state index is 0.201. The normalized spacial score (nSPS) is 11.4. The molecule has 0 saturated carbocycles. The quantitative estimate of drug-likeness (QED) is 0.267. The van der Waals surface area contributed by atoms with E-state index in [0.717, 1.165) is 29.4 Å². The third kappa shape index (κ3) is 4.23. The lowest BCUT2D eigenvalue weighted by atomic mass is 10.1. The molecule has 3 aromatic carbocycles. The van der Waals surface area contributed by atoms with Gasteiger partial charge in [0.25, 0.3) is 0 Å². The maximum Gasteiger partial charge on any atom is 0.332 e. The molecule has 0 radical (unpaired) electrons. The first kappa shape index (κ1) is 22.6. The Bertz CT molecular complexity index is 1840. The molecule has 184 valence electrons. The largest absolute Gasteiger partial charge is 0.463 e. The molecular weight excluding hydrogens is 466 g/mol. The molecule has 3 heterocycles. The van der Waals surface area contributed by atoms with Crippen LogP contribution in [0.3, 0.4) is 0 Å². The van der Waals surface area contributed by atoms with Gasteiger partial charge in [0, 0.05) is 6.54 Å². The number of hydrogen-bond donors (Lipinski definition) is 3. The highest BCUT2D eigenvalue weighted by Gasteiger charge is 2.22. The minimum Gasteiger partial charge on any atom is -0.463 e. The molecule has 8 heteroatoms. The molecule has 3 aromatic heterocycles. The van der Waals surface area contributed by atoms with Crippen LogP contribution in [0.25, 0.3) is 38.9 Å². The number of nitrogens with zero attached hydrogens (tertiary/aromatic N) is 2. The van der Waals surface area contributed by atoms with Gasteiger partial charge >= 0.3 is 5.69 Å². The van der Waals surface area contributed by atoms with Gasteiger partial charge in [-0.05, 0) is 55.7 Å². The van der Waals surface area contributed by atoms with Gasteiger partial charge < -0.3 is 14.7 Å². The van der Waals surface area contributed by atoms with Crippen molar-refractivity contribution in [1.29, 1.82) is 0 Å². The molecular formula is C29H25N5O3. The Hall–Kier alpha value is -4.85. The smallest absolute Gasteiger partial charge is 0.332 e. The molecule has 0 amide bonds. The van der Waals surface area contributed by atoms with E-state index in [9.17, 15) is 9.59 Å². The average molecular weight is 492 g/mol. The van der Waals surface area contributed by atoms with Crippen LogP contribution >= 0.6 is 0 Å². The van der Waals surface area contributed by atoms with Gasteiger partial charge in [-0.3, -0.25) is 14.3 Å². The molecule has 0 atom stereocenters. The van der Waals surface area contributed by atoms with Crippen molar-refractivity contribution in [2.75, 3.05) is 11.9 Å². The molecule has 0 aliphatic heterocycles. The van der Waals surface area contributed by atoms with Crippen molar-refractivity contribution in [3.8, 4) is 16.9 Å². The summed E-state index contributed by atoms with van der Waals surface area (Å²) in [4.78, 5) is 37.3. The molecule has 0 aliphatic rings. The Kier molecular flexibility index (Phi) is 5.69. The molecule has 3 N–H and O–H groups in total. The van der Waals surface area contributed by atoms with E-state index in [1.165, 1.54) is 16.4 Å². The molecule has 0 aliphatic carbocycles. The molecule has 8 nitrogen and oxygen atoms in total. The standard InChI is InChI=1S/C29H25N5O3/c1-18-9-12-25-21(14-18)27(35)22(16-37-25)26-28(30-13-5-8-19-6-3-2-4-7-19)33-29(36)34(26)20-10-11-23-24(15-20)32-17-31-23/h2-4,6-7,9-12,14-17,30H,5,8,13H2,1H3,(H,31,32)(H,33,36). The summed E-state index contributed by atoms with van der Waals surface area (Å²) < 4.78 is 7.36. The zero-order valence-corrected chi connectivity index (χ0v) is 20.2. The lowest BCUT2D eigenvalue weighted by Crippen LogP contribution is -2.17. The van der Waals surface area contributed by atoms with E-state index in [1.54, 1.807) is 12.4 Å². The molecule has 0 unspecified atom stereocenters. The molecule has 0 bridgehead atoms. The van der Waals surface area contributed by atoms with E-state index in [1.807, 2.05) is 55.5 Å². The van der Waals surface area contributed by atoms with Crippen LogP contribution in [-0.4, -0.2) is 26.1 Å². The fraction of sp³-hybridized carbons (Fsp3) is 0.138. The number of H-pyrrole nitrogens is 2. The average Bonchev–Trinajstić information content (AvgIpc) is 3.51. The third-order valence-electron chi connectivity index (χ3n) is 6.53. The number of aromatic amines is 2. The van der Waals surface area contributed by atoms with Crippen LogP contribution in [0.15, 0.2) is 93.3 Å². The van der Waals surface area contributed by atoms with Crippen molar-refractivity contribution in [2.24, 2.45) is 0 Å². The molecule has 6 rings (SSSR count). The zero-order chi connectivity index (χ0) is 25.4. The number of nitrogens with one attached hydrogen (secondary N) is 3. The summed E-state index contributed by atoms with van der Waals surface area (Å²) in [7, 11) is 0. The lowest BCUT2D eigenvalue weighted by molar-refractivity contribution is 0.604. The number of rotatable bonds is 7. The predicted molar refractivity (Wildman–Crippen MR) is 146 cm³/mol. The molecule has 6 aromatic rings. The van der Waals surface area contributed by atoms with Crippen LogP contribution in [0.4, 0.5) is 5.82 Å². The monoisotopic (exact) mass is 491 g/mol. The van der Waals surface area contributed by atoms with Gasteiger partial charge in [-0.15, -0.1) is 0 Å². The van der Waals surface area contributed by atoms with Gasteiger partial charge in [-0.1, -0.05) is 42.0 Å². The molecule has 0 fully saturated rings. The number of anilines is 1. The number of aryl methyl sites for hydroxylation is 2. The molecule has 0 saturated heterocycles. The first-order chi connectivity index (χ1) is 18.1. The first-order valence-corrected chi connectivity index (χ1v) is 12.2. The van der Waals surface area contributed by atoms with E-state index in [0.29, 0.717) is 40.3 Å². The number of benzene rings is 3. The highest BCUT2D eigenvalue weighted by molar-refractivity contribution is 5.85. The van der Waals surface area contributed by atoms with Crippen molar-refractivity contribution >= 4 is 27.8 Å². The van der Waals surface area contributed by atoms with Gasteiger partial charge in [-0.25, -0.2) is 9.78 Å². The van der Waals surface area contributed by atoms with Crippen LogP contribution in [0.1, 0.15) is 17.5 Å². The van der Waals surface area contributed by atoms with E-state index >= 15 is 0 Å². The van der Waals surface area contributed by atoms with E-state index in [-0.39, 0.29) is 11.1 Å². The van der Waals surface area contributed by atoms with Crippen LogP contribution in [0, 0.1) is 6.92 Å². The summed E-state index contributed by atoms with van der Waals surface area (Å²) in [6.45, 7) is 2.54. The second kappa shape index (κ2) is 9.31. The Morgan fingerprint density at radius 2 is 1.89 bits per heavy atom. The first-order valence-electron chi connectivity index (χ1n) is 12.2. The van der Waals surface area contributed by atoms with Crippen molar-refractivity contribution in [2.45, 2.75) is 19.8 Å². The summed E-state index contributed by atoms with van der Waals surface area (Å²) in [5, 5.41) is 3.82. The Morgan fingerprint density at radius 3 is 2.76 bits per heavy atom. The second-order valence-electron chi connectivity index (χ2n) is 9.09. The van der Waals surface area contributed by atoms with Crippen LogP contribution in [0.2, 0.25) is 0 Å². The molecule has 37 heavy (non-hydrogen) atoms. The van der Waals surface area contributed by atoms with E-state index in [2.05, 4.69) is 32.4 Å². The highest BCUT2D eigenvalue weighted by Crippen LogP contribution is 2.29. The van der Waals surface area contributed by atoms with Gasteiger partial charge in [-0.2, -0.15) is 0 Å².